The van der Waals surface area contributed by atoms with Crippen molar-refractivity contribution in [1.29, 1.82) is 0 Å². The van der Waals surface area contributed by atoms with Crippen LogP contribution < -0.4 is 0 Å². The summed E-state index contributed by atoms with van der Waals surface area (Å²) in [6.07, 6.45) is 0. The van der Waals surface area contributed by atoms with Gasteiger partial charge in [0.25, 0.3) is 5.91 Å². The van der Waals surface area contributed by atoms with Crippen molar-refractivity contribution in [3.63, 3.8) is 0 Å². The molecule has 2 rings (SSSR count). The average Bonchev–Trinajstić information content (AvgIpc) is 2.76. The molecule has 1 aromatic carbocycles. The number of carbonyl (C=O) groups is 1. The zero-order valence-corrected chi connectivity index (χ0v) is 13.6. The predicted molar refractivity (Wildman–Crippen MR) is 85.3 cm³/mol. The van der Waals surface area contributed by atoms with Gasteiger partial charge < -0.3 is 4.90 Å². The maximum atomic E-state index is 12.3. The summed E-state index contributed by atoms with van der Waals surface area (Å²) < 4.78 is 1.79. The number of nitrogens with zero attached hydrogens (tertiary/aromatic N) is 3. The Morgan fingerprint density at radius 2 is 1.76 bits per heavy atom. The number of rotatable bonds is 4. The zero-order valence-electron chi connectivity index (χ0n) is 12.9. The van der Waals surface area contributed by atoms with Crippen molar-refractivity contribution in [2.75, 3.05) is 13.1 Å². The molecule has 0 radical (unpaired) electrons. The first-order valence-corrected chi connectivity index (χ1v) is 7.48. The summed E-state index contributed by atoms with van der Waals surface area (Å²) in [7, 11) is 0. The number of carbonyl (C=O) groups excluding carboxylic acids is 1. The molecule has 0 aliphatic rings. The van der Waals surface area contributed by atoms with Crippen molar-refractivity contribution in [3.05, 3.63) is 46.2 Å². The lowest BCUT2D eigenvalue weighted by atomic mass is 10.1. The van der Waals surface area contributed by atoms with Crippen LogP contribution >= 0.6 is 11.6 Å². The van der Waals surface area contributed by atoms with E-state index in [4.69, 9.17) is 11.6 Å². The van der Waals surface area contributed by atoms with Gasteiger partial charge in [-0.25, -0.2) is 4.68 Å². The molecule has 21 heavy (non-hydrogen) atoms. The van der Waals surface area contributed by atoms with Crippen LogP contribution in [0.2, 0.25) is 5.02 Å². The highest BCUT2D eigenvalue weighted by molar-refractivity contribution is 6.31. The van der Waals surface area contributed by atoms with E-state index in [0.717, 1.165) is 17.1 Å². The van der Waals surface area contributed by atoms with Crippen LogP contribution in [-0.2, 0) is 0 Å². The number of aromatic nitrogens is 2. The van der Waals surface area contributed by atoms with E-state index in [1.165, 1.54) is 0 Å². The summed E-state index contributed by atoms with van der Waals surface area (Å²) in [4.78, 5) is 14.1. The van der Waals surface area contributed by atoms with Crippen molar-refractivity contribution in [1.82, 2.24) is 14.7 Å². The molecule has 0 aliphatic carbocycles. The van der Waals surface area contributed by atoms with Crippen LogP contribution in [0.1, 0.15) is 35.6 Å². The van der Waals surface area contributed by atoms with E-state index < -0.39 is 0 Å². The molecule has 0 bridgehead atoms. The van der Waals surface area contributed by atoms with Crippen molar-refractivity contribution in [2.45, 2.75) is 27.7 Å². The van der Waals surface area contributed by atoms with Gasteiger partial charge in [-0.3, -0.25) is 4.79 Å². The minimum absolute atomic E-state index is 0.0537. The van der Waals surface area contributed by atoms with E-state index >= 15 is 0 Å². The maximum Gasteiger partial charge on any atom is 0.253 e. The zero-order chi connectivity index (χ0) is 15.6. The highest BCUT2D eigenvalue weighted by Crippen LogP contribution is 2.22. The molecule has 0 N–H and O–H groups in total. The van der Waals surface area contributed by atoms with Crippen LogP contribution in [0.5, 0.6) is 0 Å². The fourth-order valence-electron chi connectivity index (χ4n) is 2.31. The van der Waals surface area contributed by atoms with Gasteiger partial charge in [0.2, 0.25) is 0 Å². The lowest BCUT2D eigenvalue weighted by Gasteiger charge is -2.18. The molecule has 0 saturated carbocycles. The first kappa shape index (κ1) is 15.6. The third-order valence-corrected chi connectivity index (χ3v) is 4.16. The smallest absolute Gasteiger partial charge is 0.253 e. The topological polar surface area (TPSA) is 38.1 Å². The highest BCUT2D eigenvalue weighted by atomic mass is 35.5. The molecule has 0 atom stereocenters. The molecule has 1 heterocycles. The Hall–Kier alpha value is -1.81. The van der Waals surface area contributed by atoms with Crippen molar-refractivity contribution in [2.24, 2.45) is 0 Å². The molecule has 2 aromatic rings. The standard InChI is InChI=1S/C16H20ClN3O/c1-5-19(6-2)16(21)13-7-9-14(10-8-13)20-12(4)15(17)11(3)18-20/h7-10H,5-6H2,1-4H3. The minimum atomic E-state index is 0.0537. The molecule has 0 aliphatic heterocycles. The molecule has 112 valence electrons. The molecular formula is C16H20ClN3O. The largest absolute Gasteiger partial charge is 0.339 e. The van der Waals surface area contributed by atoms with E-state index in [0.29, 0.717) is 23.7 Å². The van der Waals surface area contributed by atoms with E-state index in [9.17, 15) is 4.79 Å². The molecule has 0 spiro atoms. The van der Waals surface area contributed by atoms with Gasteiger partial charge in [0.1, 0.15) is 0 Å². The predicted octanol–water partition coefficient (Wildman–Crippen LogP) is 3.62. The first-order chi connectivity index (χ1) is 9.99. The quantitative estimate of drug-likeness (QED) is 0.865. The van der Waals surface area contributed by atoms with Gasteiger partial charge >= 0.3 is 0 Å². The van der Waals surface area contributed by atoms with E-state index in [2.05, 4.69) is 5.10 Å². The van der Waals surface area contributed by atoms with E-state index in [-0.39, 0.29) is 5.91 Å². The van der Waals surface area contributed by atoms with Crippen molar-refractivity contribution >= 4 is 17.5 Å². The van der Waals surface area contributed by atoms with Gasteiger partial charge in [-0.1, -0.05) is 11.6 Å². The summed E-state index contributed by atoms with van der Waals surface area (Å²) in [6.45, 7) is 9.19. The number of amides is 1. The number of benzene rings is 1. The van der Waals surface area contributed by atoms with E-state index in [1.807, 2.05) is 52.0 Å². The Morgan fingerprint density at radius 3 is 2.19 bits per heavy atom. The number of hydrogen-bond donors (Lipinski definition) is 0. The molecule has 1 amide bonds. The summed E-state index contributed by atoms with van der Waals surface area (Å²) in [6, 6.07) is 7.46. The normalized spacial score (nSPS) is 10.7. The highest BCUT2D eigenvalue weighted by Gasteiger charge is 2.14. The lowest BCUT2D eigenvalue weighted by Crippen LogP contribution is -2.30. The van der Waals surface area contributed by atoms with Crippen LogP contribution in [0.3, 0.4) is 0 Å². The Morgan fingerprint density at radius 1 is 1.19 bits per heavy atom. The third-order valence-electron chi connectivity index (χ3n) is 3.61. The van der Waals surface area contributed by atoms with Crippen molar-refractivity contribution in [3.8, 4) is 5.69 Å². The minimum Gasteiger partial charge on any atom is -0.339 e. The summed E-state index contributed by atoms with van der Waals surface area (Å²) in [5.41, 5.74) is 3.29. The van der Waals surface area contributed by atoms with E-state index in [1.54, 1.807) is 9.58 Å². The van der Waals surface area contributed by atoms with Crippen molar-refractivity contribution < 1.29 is 4.79 Å². The number of hydrogen-bond acceptors (Lipinski definition) is 2. The SMILES string of the molecule is CCN(CC)C(=O)c1ccc(-n2nc(C)c(Cl)c2C)cc1. The molecule has 4 nitrogen and oxygen atoms in total. The Bertz CT molecular complexity index is 642. The third kappa shape index (κ3) is 2.95. The fourth-order valence-corrected chi connectivity index (χ4v) is 2.43. The average molecular weight is 306 g/mol. The van der Waals surface area contributed by atoms with Crippen LogP contribution in [-0.4, -0.2) is 33.7 Å². The molecular weight excluding hydrogens is 286 g/mol. The summed E-state index contributed by atoms with van der Waals surface area (Å²) in [5, 5.41) is 5.09. The van der Waals surface area contributed by atoms with Gasteiger partial charge in [-0.15, -0.1) is 0 Å². The first-order valence-electron chi connectivity index (χ1n) is 7.11. The van der Waals surface area contributed by atoms with Crippen LogP contribution in [0, 0.1) is 13.8 Å². The second-order valence-corrected chi connectivity index (χ2v) is 5.30. The molecule has 0 saturated heterocycles. The van der Waals surface area contributed by atoms with Gasteiger partial charge in [0, 0.05) is 18.7 Å². The fraction of sp³-hybridized carbons (Fsp3) is 0.375. The monoisotopic (exact) mass is 305 g/mol. The van der Waals surface area contributed by atoms with Crippen LogP contribution in [0.15, 0.2) is 24.3 Å². The molecule has 1 aromatic heterocycles. The second-order valence-electron chi connectivity index (χ2n) is 4.92. The van der Waals surface area contributed by atoms with Gasteiger partial charge in [0.15, 0.2) is 0 Å². The van der Waals surface area contributed by atoms with Gasteiger partial charge in [-0.05, 0) is 52.0 Å². The van der Waals surface area contributed by atoms with Gasteiger partial charge in [0.05, 0.1) is 22.1 Å². The van der Waals surface area contributed by atoms with Crippen LogP contribution in [0.25, 0.3) is 5.69 Å². The van der Waals surface area contributed by atoms with Gasteiger partial charge in [-0.2, -0.15) is 5.10 Å². The molecule has 0 fully saturated rings. The summed E-state index contributed by atoms with van der Waals surface area (Å²) >= 11 is 6.17. The number of halogens is 1. The maximum absolute atomic E-state index is 12.3. The lowest BCUT2D eigenvalue weighted by molar-refractivity contribution is 0.0773. The Balaban J connectivity index is 2.31. The molecule has 5 heteroatoms. The Labute approximate surface area is 130 Å². The second kappa shape index (κ2) is 6.31. The Kier molecular flexibility index (Phi) is 4.68. The molecule has 0 unspecified atom stereocenters. The number of aryl methyl sites for hydroxylation is 1. The van der Waals surface area contributed by atoms with Crippen LogP contribution in [0.4, 0.5) is 0 Å². The summed E-state index contributed by atoms with van der Waals surface area (Å²) in [5.74, 6) is 0.0537.